The van der Waals surface area contributed by atoms with Gasteiger partial charge in [-0.3, -0.25) is 0 Å². The van der Waals surface area contributed by atoms with E-state index in [-0.39, 0.29) is 5.69 Å². The Morgan fingerprint density at radius 2 is 2.29 bits per heavy atom. The molecule has 0 bridgehead atoms. The van der Waals surface area contributed by atoms with Gasteiger partial charge in [-0.1, -0.05) is 19.8 Å². The maximum absolute atomic E-state index is 11.5. The summed E-state index contributed by atoms with van der Waals surface area (Å²) >= 11 is 0. The maximum Gasteiger partial charge on any atom is 0.360 e. The first-order valence-corrected chi connectivity index (χ1v) is 6.10. The molecule has 94 valence electrons. The lowest BCUT2D eigenvalue weighted by molar-refractivity contribution is 0.0595. The topological polar surface area (TPSA) is 70.1 Å². The number of esters is 1. The molecule has 0 saturated heterocycles. The van der Waals surface area contributed by atoms with Crippen molar-refractivity contribution in [2.75, 3.05) is 12.8 Å². The van der Waals surface area contributed by atoms with Crippen molar-refractivity contribution in [2.24, 2.45) is 5.92 Å². The van der Waals surface area contributed by atoms with Crippen LogP contribution in [0.4, 0.5) is 5.82 Å². The molecule has 0 aromatic carbocycles. The molecular formula is C12H19N3O2. The van der Waals surface area contributed by atoms with Crippen LogP contribution >= 0.6 is 0 Å². The third-order valence-electron chi connectivity index (χ3n) is 3.24. The van der Waals surface area contributed by atoms with Gasteiger partial charge in [-0.2, -0.15) is 0 Å². The molecule has 1 aromatic rings. The minimum Gasteiger partial charge on any atom is -0.464 e. The molecular weight excluding hydrogens is 218 g/mol. The summed E-state index contributed by atoms with van der Waals surface area (Å²) in [5.74, 6) is 1.68. The molecule has 1 aliphatic carbocycles. The fourth-order valence-electron chi connectivity index (χ4n) is 2.00. The van der Waals surface area contributed by atoms with Gasteiger partial charge in [0.2, 0.25) is 0 Å². The standard InChI is InChI=1S/C12H19N3O2/c1-3-9-14-10(12(16)17-2)11(13)15(9)7-6-8-4-5-8/h8H,3-7,13H2,1-2H3. The molecule has 5 nitrogen and oxygen atoms in total. The molecule has 0 radical (unpaired) electrons. The second-order valence-corrected chi connectivity index (χ2v) is 4.49. The molecule has 0 atom stereocenters. The van der Waals surface area contributed by atoms with Gasteiger partial charge in [0.15, 0.2) is 5.69 Å². The summed E-state index contributed by atoms with van der Waals surface area (Å²) in [7, 11) is 1.34. The van der Waals surface area contributed by atoms with Crippen molar-refractivity contribution in [3.8, 4) is 0 Å². The Bertz CT molecular complexity index is 422. The minimum atomic E-state index is -0.456. The molecule has 1 aliphatic rings. The van der Waals surface area contributed by atoms with E-state index in [0.29, 0.717) is 5.82 Å². The first kappa shape index (κ1) is 12.0. The first-order chi connectivity index (χ1) is 8.17. The van der Waals surface area contributed by atoms with E-state index in [1.54, 1.807) is 0 Å². The van der Waals surface area contributed by atoms with E-state index in [1.165, 1.54) is 20.0 Å². The molecule has 0 amide bonds. The SMILES string of the molecule is CCc1nc(C(=O)OC)c(N)n1CCC1CC1. The van der Waals surface area contributed by atoms with E-state index in [9.17, 15) is 4.79 Å². The summed E-state index contributed by atoms with van der Waals surface area (Å²) in [4.78, 5) is 15.7. The van der Waals surface area contributed by atoms with Gasteiger partial charge in [0.05, 0.1) is 7.11 Å². The number of hydrogen-bond donors (Lipinski definition) is 1. The minimum absolute atomic E-state index is 0.250. The number of imidazole rings is 1. The second kappa shape index (κ2) is 4.77. The molecule has 2 N–H and O–H groups in total. The molecule has 0 unspecified atom stereocenters. The fraction of sp³-hybridized carbons (Fsp3) is 0.667. The van der Waals surface area contributed by atoms with Crippen LogP contribution < -0.4 is 5.73 Å². The predicted molar refractivity (Wildman–Crippen MR) is 64.7 cm³/mol. The molecule has 0 spiro atoms. The average molecular weight is 237 g/mol. The zero-order valence-corrected chi connectivity index (χ0v) is 10.4. The molecule has 5 heteroatoms. The summed E-state index contributed by atoms with van der Waals surface area (Å²) in [6, 6.07) is 0. The first-order valence-electron chi connectivity index (χ1n) is 6.10. The van der Waals surface area contributed by atoms with E-state index in [4.69, 9.17) is 5.73 Å². The van der Waals surface area contributed by atoms with Crippen LogP contribution in [0.2, 0.25) is 0 Å². The summed E-state index contributed by atoms with van der Waals surface area (Å²) in [6.07, 6.45) is 4.53. The normalized spacial score (nSPS) is 14.9. The van der Waals surface area contributed by atoms with Crippen LogP contribution in [-0.2, 0) is 17.7 Å². The Labute approximate surface area is 101 Å². The van der Waals surface area contributed by atoms with Gasteiger partial charge in [-0.05, 0) is 12.3 Å². The molecule has 1 fully saturated rings. The number of aromatic nitrogens is 2. The largest absolute Gasteiger partial charge is 0.464 e. The van der Waals surface area contributed by atoms with Crippen LogP contribution in [0.25, 0.3) is 0 Å². The van der Waals surface area contributed by atoms with E-state index in [1.807, 2.05) is 11.5 Å². The van der Waals surface area contributed by atoms with E-state index in [0.717, 1.165) is 31.1 Å². The molecule has 1 heterocycles. The highest BCUT2D eigenvalue weighted by atomic mass is 16.5. The predicted octanol–water partition coefficient (Wildman–Crippen LogP) is 1.61. The summed E-state index contributed by atoms with van der Waals surface area (Å²) in [5, 5.41) is 0. The van der Waals surface area contributed by atoms with Crippen LogP contribution in [0.3, 0.4) is 0 Å². The van der Waals surface area contributed by atoms with Crippen molar-refractivity contribution in [3.63, 3.8) is 0 Å². The van der Waals surface area contributed by atoms with Crippen molar-refractivity contribution in [1.29, 1.82) is 0 Å². The fourth-order valence-corrected chi connectivity index (χ4v) is 2.00. The quantitative estimate of drug-likeness (QED) is 0.790. The van der Waals surface area contributed by atoms with Crippen molar-refractivity contribution >= 4 is 11.8 Å². The van der Waals surface area contributed by atoms with Crippen molar-refractivity contribution in [3.05, 3.63) is 11.5 Å². The van der Waals surface area contributed by atoms with Crippen molar-refractivity contribution in [1.82, 2.24) is 9.55 Å². The average Bonchev–Trinajstić information content (AvgIpc) is 3.11. The van der Waals surface area contributed by atoms with Gasteiger partial charge in [0.25, 0.3) is 0 Å². The highest BCUT2D eigenvalue weighted by Crippen LogP contribution is 2.33. The molecule has 2 rings (SSSR count). The Balaban J connectivity index is 2.21. The number of methoxy groups -OCH3 is 1. The van der Waals surface area contributed by atoms with E-state index in [2.05, 4.69) is 9.72 Å². The zero-order chi connectivity index (χ0) is 12.4. The summed E-state index contributed by atoms with van der Waals surface area (Å²) in [5.41, 5.74) is 6.21. The summed E-state index contributed by atoms with van der Waals surface area (Å²) in [6.45, 7) is 2.86. The highest BCUT2D eigenvalue weighted by Gasteiger charge is 2.24. The number of hydrogen-bond acceptors (Lipinski definition) is 4. The number of nitrogens with zero attached hydrogens (tertiary/aromatic N) is 2. The number of rotatable bonds is 5. The monoisotopic (exact) mass is 237 g/mol. The Morgan fingerprint density at radius 1 is 1.59 bits per heavy atom. The van der Waals surface area contributed by atoms with Gasteiger partial charge in [0, 0.05) is 13.0 Å². The number of carbonyl (C=O) groups is 1. The second-order valence-electron chi connectivity index (χ2n) is 4.49. The Hall–Kier alpha value is -1.52. The van der Waals surface area contributed by atoms with Crippen LogP contribution in [0, 0.1) is 5.92 Å². The number of nitrogens with two attached hydrogens (primary N) is 1. The van der Waals surface area contributed by atoms with Gasteiger partial charge in [-0.15, -0.1) is 0 Å². The smallest absolute Gasteiger partial charge is 0.360 e. The molecule has 17 heavy (non-hydrogen) atoms. The lowest BCUT2D eigenvalue weighted by Gasteiger charge is -2.07. The molecule has 1 aromatic heterocycles. The Morgan fingerprint density at radius 3 is 2.82 bits per heavy atom. The number of ether oxygens (including phenoxy) is 1. The zero-order valence-electron chi connectivity index (χ0n) is 10.4. The van der Waals surface area contributed by atoms with Gasteiger partial charge in [0.1, 0.15) is 11.6 Å². The lowest BCUT2D eigenvalue weighted by atomic mass is 10.3. The van der Waals surface area contributed by atoms with Crippen LogP contribution in [0.15, 0.2) is 0 Å². The van der Waals surface area contributed by atoms with Crippen LogP contribution in [-0.4, -0.2) is 22.6 Å². The summed E-state index contributed by atoms with van der Waals surface area (Å²) < 4.78 is 6.62. The van der Waals surface area contributed by atoms with Crippen LogP contribution in [0.1, 0.15) is 42.5 Å². The number of aryl methyl sites for hydroxylation is 1. The molecule has 1 saturated carbocycles. The maximum atomic E-state index is 11.5. The van der Waals surface area contributed by atoms with Gasteiger partial charge < -0.3 is 15.0 Å². The van der Waals surface area contributed by atoms with Crippen LogP contribution in [0.5, 0.6) is 0 Å². The number of carbonyl (C=O) groups excluding carboxylic acids is 1. The number of anilines is 1. The highest BCUT2D eigenvalue weighted by molar-refractivity contribution is 5.92. The van der Waals surface area contributed by atoms with E-state index < -0.39 is 5.97 Å². The van der Waals surface area contributed by atoms with Gasteiger partial charge >= 0.3 is 5.97 Å². The van der Waals surface area contributed by atoms with Crippen molar-refractivity contribution in [2.45, 2.75) is 39.2 Å². The van der Waals surface area contributed by atoms with Crippen molar-refractivity contribution < 1.29 is 9.53 Å². The Kier molecular flexibility index (Phi) is 3.36. The molecule has 0 aliphatic heterocycles. The van der Waals surface area contributed by atoms with E-state index >= 15 is 0 Å². The third kappa shape index (κ3) is 2.43. The van der Waals surface area contributed by atoms with Gasteiger partial charge in [-0.25, -0.2) is 9.78 Å². The third-order valence-corrected chi connectivity index (χ3v) is 3.24. The lowest BCUT2D eigenvalue weighted by Crippen LogP contribution is -2.09. The number of nitrogen functional groups attached to an aromatic ring is 1.